The first-order valence-electron chi connectivity index (χ1n) is 4.72. The van der Waals surface area contributed by atoms with E-state index in [1.807, 2.05) is 32.0 Å². The number of hydrogen-bond acceptors (Lipinski definition) is 3. The highest BCUT2D eigenvalue weighted by Gasteiger charge is 1.99. The van der Waals surface area contributed by atoms with Crippen molar-refractivity contribution in [1.29, 1.82) is 5.41 Å². The monoisotopic (exact) mass is 205 g/mol. The van der Waals surface area contributed by atoms with E-state index >= 15 is 0 Å². The van der Waals surface area contributed by atoms with Gasteiger partial charge in [0.2, 0.25) is 5.96 Å². The SMILES string of the molecule is CCN(N=Cc1cccc(C)n1)C(=N)N. The van der Waals surface area contributed by atoms with Gasteiger partial charge in [0.1, 0.15) is 0 Å². The lowest BCUT2D eigenvalue weighted by Crippen LogP contribution is -2.31. The Morgan fingerprint density at radius 2 is 2.40 bits per heavy atom. The molecule has 0 aliphatic carbocycles. The van der Waals surface area contributed by atoms with Crippen LogP contribution in [0.1, 0.15) is 18.3 Å². The first kappa shape index (κ1) is 11.2. The summed E-state index contributed by atoms with van der Waals surface area (Å²) in [5, 5.41) is 12.7. The number of nitrogens with two attached hydrogens (primary N) is 1. The minimum absolute atomic E-state index is 0.0681. The predicted molar refractivity (Wildman–Crippen MR) is 60.9 cm³/mol. The molecule has 1 aromatic rings. The summed E-state index contributed by atoms with van der Waals surface area (Å²) >= 11 is 0. The van der Waals surface area contributed by atoms with E-state index in [9.17, 15) is 0 Å². The molecule has 0 saturated heterocycles. The van der Waals surface area contributed by atoms with E-state index in [4.69, 9.17) is 11.1 Å². The molecule has 0 aliphatic heterocycles. The van der Waals surface area contributed by atoms with Gasteiger partial charge in [-0.05, 0) is 26.0 Å². The van der Waals surface area contributed by atoms with Crippen molar-refractivity contribution >= 4 is 12.2 Å². The molecule has 0 amide bonds. The van der Waals surface area contributed by atoms with Crippen molar-refractivity contribution in [2.45, 2.75) is 13.8 Å². The molecule has 80 valence electrons. The fourth-order valence-electron chi connectivity index (χ4n) is 1.08. The Kier molecular flexibility index (Phi) is 3.79. The quantitative estimate of drug-likeness (QED) is 0.438. The topological polar surface area (TPSA) is 78.4 Å². The third-order valence-electron chi connectivity index (χ3n) is 1.82. The summed E-state index contributed by atoms with van der Waals surface area (Å²) in [4.78, 5) is 4.25. The van der Waals surface area contributed by atoms with Crippen LogP contribution in [-0.2, 0) is 0 Å². The van der Waals surface area contributed by atoms with Crippen LogP contribution in [0, 0.1) is 12.3 Å². The van der Waals surface area contributed by atoms with Gasteiger partial charge in [-0.15, -0.1) is 0 Å². The molecule has 1 heterocycles. The summed E-state index contributed by atoms with van der Waals surface area (Å²) in [6, 6.07) is 5.68. The summed E-state index contributed by atoms with van der Waals surface area (Å²) in [5.74, 6) is -0.0681. The van der Waals surface area contributed by atoms with E-state index in [2.05, 4.69) is 10.1 Å². The molecule has 0 spiro atoms. The van der Waals surface area contributed by atoms with E-state index in [1.54, 1.807) is 6.21 Å². The molecular formula is C10H15N5. The van der Waals surface area contributed by atoms with Gasteiger partial charge in [0.05, 0.1) is 11.9 Å². The maximum Gasteiger partial charge on any atom is 0.209 e. The lowest BCUT2D eigenvalue weighted by Gasteiger charge is -2.12. The van der Waals surface area contributed by atoms with Gasteiger partial charge in [0.25, 0.3) is 0 Å². The van der Waals surface area contributed by atoms with E-state index in [0.29, 0.717) is 6.54 Å². The molecule has 0 unspecified atom stereocenters. The lowest BCUT2D eigenvalue weighted by atomic mass is 10.3. The normalized spacial score (nSPS) is 10.5. The van der Waals surface area contributed by atoms with Crippen molar-refractivity contribution in [1.82, 2.24) is 9.99 Å². The second kappa shape index (κ2) is 5.09. The molecule has 3 N–H and O–H groups in total. The van der Waals surface area contributed by atoms with Crippen LogP contribution in [0.25, 0.3) is 0 Å². The summed E-state index contributed by atoms with van der Waals surface area (Å²) in [6.07, 6.45) is 1.60. The molecule has 0 bridgehead atoms. The van der Waals surface area contributed by atoms with Crippen LogP contribution in [0.5, 0.6) is 0 Å². The Morgan fingerprint density at radius 1 is 1.67 bits per heavy atom. The molecule has 1 rings (SSSR count). The van der Waals surface area contributed by atoms with E-state index < -0.39 is 0 Å². The zero-order valence-electron chi connectivity index (χ0n) is 8.94. The van der Waals surface area contributed by atoms with Gasteiger partial charge in [0.15, 0.2) is 0 Å². The zero-order valence-corrected chi connectivity index (χ0v) is 8.94. The van der Waals surface area contributed by atoms with Crippen molar-refractivity contribution in [2.75, 3.05) is 6.54 Å². The van der Waals surface area contributed by atoms with Crippen molar-refractivity contribution in [3.05, 3.63) is 29.6 Å². The minimum Gasteiger partial charge on any atom is -0.369 e. The molecule has 0 radical (unpaired) electrons. The first-order chi connectivity index (χ1) is 7.13. The van der Waals surface area contributed by atoms with Gasteiger partial charge < -0.3 is 5.73 Å². The van der Waals surface area contributed by atoms with Crippen LogP contribution < -0.4 is 5.73 Å². The smallest absolute Gasteiger partial charge is 0.209 e. The van der Waals surface area contributed by atoms with Crippen LogP contribution in [-0.4, -0.2) is 28.7 Å². The minimum atomic E-state index is -0.0681. The number of aryl methyl sites for hydroxylation is 1. The maximum absolute atomic E-state index is 7.23. The Labute approximate surface area is 89.1 Å². The highest BCUT2D eigenvalue weighted by molar-refractivity contribution is 5.80. The second-order valence-electron chi connectivity index (χ2n) is 3.05. The molecule has 0 aliphatic rings. The summed E-state index contributed by atoms with van der Waals surface area (Å²) in [6.45, 7) is 4.36. The number of nitrogens with zero attached hydrogens (tertiary/aromatic N) is 3. The Bertz CT molecular complexity index is 372. The average Bonchev–Trinajstić information content (AvgIpc) is 2.18. The van der Waals surface area contributed by atoms with Gasteiger partial charge in [-0.25, -0.2) is 5.01 Å². The average molecular weight is 205 g/mol. The van der Waals surface area contributed by atoms with Gasteiger partial charge in [0, 0.05) is 12.2 Å². The summed E-state index contributed by atoms with van der Waals surface area (Å²) < 4.78 is 0. The second-order valence-corrected chi connectivity index (χ2v) is 3.05. The largest absolute Gasteiger partial charge is 0.369 e. The zero-order chi connectivity index (χ0) is 11.3. The van der Waals surface area contributed by atoms with Crippen LogP contribution in [0.15, 0.2) is 23.3 Å². The number of guanidine groups is 1. The standard InChI is InChI=1S/C10H15N5/c1-3-15(10(11)12)13-7-9-6-4-5-8(2)14-9/h4-7H,3H2,1-2H3,(H3,11,12). The summed E-state index contributed by atoms with van der Waals surface area (Å²) in [5.41, 5.74) is 7.01. The fraction of sp³-hybridized carbons (Fsp3) is 0.300. The number of nitrogens with one attached hydrogen (secondary N) is 1. The fourth-order valence-corrected chi connectivity index (χ4v) is 1.08. The van der Waals surface area contributed by atoms with Crippen LogP contribution in [0.4, 0.5) is 0 Å². The van der Waals surface area contributed by atoms with Crippen LogP contribution >= 0.6 is 0 Å². The number of hydrogen-bond donors (Lipinski definition) is 2. The van der Waals surface area contributed by atoms with E-state index in [-0.39, 0.29) is 5.96 Å². The summed E-state index contributed by atoms with van der Waals surface area (Å²) in [7, 11) is 0. The molecule has 0 fully saturated rings. The lowest BCUT2D eigenvalue weighted by molar-refractivity contribution is 0.464. The van der Waals surface area contributed by atoms with E-state index in [1.165, 1.54) is 5.01 Å². The number of aromatic nitrogens is 1. The molecule has 15 heavy (non-hydrogen) atoms. The van der Waals surface area contributed by atoms with Crippen molar-refractivity contribution in [3.63, 3.8) is 0 Å². The third kappa shape index (κ3) is 3.38. The predicted octanol–water partition coefficient (Wildman–Crippen LogP) is 0.939. The van der Waals surface area contributed by atoms with E-state index in [0.717, 1.165) is 11.4 Å². The van der Waals surface area contributed by atoms with Crippen molar-refractivity contribution in [2.24, 2.45) is 10.8 Å². The van der Waals surface area contributed by atoms with Crippen molar-refractivity contribution in [3.8, 4) is 0 Å². The Balaban J connectivity index is 2.76. The molecule has 0 atom stereocenters. The maximum atomic E-state index is 7.23. The highest BCUT2D eigenvalue weighted by Crippen LogP contribution is 1.96. The number of pyridine rings is 1. The molecule has 1 aromatic heterocycles. The number of rotatable bonds is 3. The van der Waals surface area contributed by atoms with Gasteiger partial charge in [-0.2, -0.15) is 5.10 Å². The molecule has 0 aromatic carbocycles. The highest BCUT2D eigenvalue weighted by atomic mass is 15.5. The molecular weight excluding hydrogens is 190 g/mol. The van der Waals surface area contributed by atoms with Gasteiger partial charge in [-0.1, -0.05) is 6.07 Å². The van der Waals surface area contributed by atoms with Gasteiger partial charge in [-0.3, -0.25) is 10.4 Å². The van der Waals surface area contributed by atoms with Crippen LogP contribution in [0.3, 0.4) is 0 Å². The first-order valence-corrected chi connectivity index (χ1v) is 4.72. The van der Waals surface area contributed by atoms with Crippen molar-refractivity contribution < 1.29 is 0 Å². The molecule has 5 heteroatoms. The number of hydrazone groups is 1. The Morgan fingerprint density at radius 3 is 2.93 bits per heavy atom. The molecule has 0 saturated carbocycles. The van der Waals surface area contributed by atoms with Crippen LogP contribution in [0.2, 0.25) is 0 Å². The third-order valence-corrected chi connectivity index (χ3v) is 1.82. The van der Waals surface area contributed by atoms with Gasteiger partial charge >= 0.3 is 0 Å². The Hall–Kier alpha value is -1.91. The molecule has 5 nitrogen and oxygen atoms in total.